The highest BCUT2D eigenvalue weighted by atomic mass is 16.1. The van der Waals surface area contributed by atoms with Crippen LogP contribution in [0.4, 0.5) is 5.82 Å². The van der Waals surface area contributed by atoms with Gasteiger partial charge in [-0.2, -0.15) is 0 Å². The Morgan fingerprint density at radius 2 is 2.21 bits per heavy atom. The van der Waals surface area contributed by atoms with E-state index < -0.39 is 0 Å². The van der Waals surface area contributed by atoms with Crippen LogP contribution in [-0.2, 0) is 6.42 Å². The zero-order chi connectivity index (χ0) is 10.3. The fraction of sp³-hybridized carbons (Fsp3) is 0.700. The monoisotopic (exact) mass is 195 g/mol. The number of hydrogen-bond acceptors (Lipinski definition) is 2. The molecule has 0 saturated carbocycles. The Labute approximate surface area is 83.3 Å². The number of aromatic nitrogens is 2. The molecule has 1 unspecified atom stereocenters. The smallest absolute Gasteiger partial charge is 0.272 e. The maximum absolute atomic E-state index is 11.9. The second-order valence-electron chi connectivity index (χ2n) is 4.42. The molecule has 2 N–H and O–H groups in total. The first-order valence-electron chi connectivity index (χ1n) is 5.17. The molecule has 0 aromatic carbocycles. The lowest BCUT2D eigenvalue weighted by atomic mass is 10.00. The number of hydrogen-bond donors (Lipinski definition) is 2. The second-order valence-corrected chi connectivity index (χ2v) is 4.42. The Morgan fingerprint density at radius 3 is 2.86 bits per heavy atom. The van der Waals surface area contributed by atoms with E-state index in [4.69, 9.17) is 0 Å². The number of anilines is 1. The third-order valence-corrected chi connectivity index (χ3v) is 2.71. The van der Waals surface area contributed by atoms with E-state index in [0.29, 0.717) is 5.92 Å². The fourth-order valence-corrected chi connectivity index (χ4v) is 1.89. The largest absolute Gasteiger partial charge is 0.370 e. The summed E-state index contributed by atoms with van der Waals surface area (Å²) in [6, 6.07) is 0.199. The summed E-state index contributed by atoms with van der Waals surface area (Å²) in [5, 5.41) is 6.37. The van der Waals surface area contributed by atoms with Gasteiger partial charge < -0.3 is 5.32 Å². The van der Waals surface area contributed by atoms with E-state index in [1.165, 1.54) is 0 Å². The minimum atomic E-state index is 0.133. The molecule has 0 spiro atoms. The molecular weight excluding hydrogens is 178 g/mol. The van der Waals surface area contributed by atoms with Crippen LogP contribution < -0.4 is 10.9 Å². The number of fused-ring (bicyclic) bond motifs is 1. The fourth-order valence-electron chi connectivity index (χ4n) is 1.89. The topological polar surface area (TPSA) is 49.8 Å². The summed E-state index contributed by atoms with van der Waals surface area (Å²) in [5.74, 6) is 1.47. The number of rotatable bonds is 1. The summed E-state index contributed by atoms with van der Waals surface area (Å²) in [6.45, 7) is 7.12. The molecule has 1 aliphatic rings. The van der Waals surface area contributed by atoms with Crippen LogP contribution >= 0.6 is 0 Å². The summed E-state index contributed by atoms with van der Waals surface area (Å²) in [5.41, 5.74) is 1.05. The first kappa shape index (κ1) is 9.37. The molecule has 1 aromatic heterocycles. The Hall–Kier alpha value is -1.19. The molecule has 2 heterocycles. The molecule has 0 fully saturated rings. The van der Waals surface area contributed by atoms with E-state index in [9.17, 15) is 4.79 Å². The van der Waals surface area contributed by atoms with Crippen molar-refractivity contribution < 1.29 is 0 Å². The molecule has 4 nitrogen and oxygen atoms in total. The van der Waals surface area contributed by atoms with Gasteiger partial charge in [0.2, 0.25) is 0 Å². The summed E-state index contributed by atoms with van der Waals surface area (Å²) >= 11 is 0. The maximum Gasteiger partial charge on any atom is 0.272 e. The highest BCUT2D eigenvalue weighted by Gasteiger charge is 2.21. The Bertz CT molecular complexity index is 389. The molecule has 0 radical (unpaired) electrons. The lowest BCUT2D eigenvalue weighted by Crippen LogP contribution is -2.25. The quantitative estimate of drug-likeness (QED) is 0.711. The van der Waals surface area contributed by atoms with E-state index in [0.717, 1.165) is 24.3 Å². The Morgan fingerprint density at radius 1 is 1.50 bits per heavy atom. The van der Waals surface area contributed by atoms with Gasteiger partial charge in [-0.15, -0.1) is 0 Å². The molecule has 14 heavy (non-hydrogen) atoms. The molecule has 1 atom stereocenters. The van der Waals surface area contributed by atoms with Gasteiger partial charge in [0.1, 0.15) is 5.82 Å². The second kappa shape index (κ2) is 3.19. The van der Waals surface area contributed by atoms with Crippen LogP contribution in [0.1, 0.15) is 32.4 Å². The minimum Gasteiger partial charge on any atom is -0.370 e. The highest BCUT2D eigenvalue weighted by Crippen LogP contribution is 2.20. The standard InChI is InChI=1S/C10H17N3O/c1-6(2)13-10(14)8-4-7(3)5-11-9(8)12-13/h6-7,11-12H,4-5H2,1-3H3. The van der Waals surface area contributed by atoms with Crippen molar-refractivity contribution >= 4 is 5.82 Å². The van der Waals surface area contributed by atoms with Crippen molar-refractivity contribution in [2.45, 2.75) is 33.2 Å². The van der Waals surface area contributed by atoms with Crippen molar-refractivity contribution in [2.75, 3.05) is 11.9 Å². The minimum absolute atomic E-state index is 0.133. The summed E-state index contributed by atoms with van der Waals surface area (Å²) in [7, 11) is 0. The summed E-state index contributed by atoms with van der Waals surface area (Å²) in [4.78, 5) is 11.9. The number of nitrogens with one attached hydrogen (secondary N) is 2. The van der Waals surface area contributed by atoms with Crippen molar-refractivity contribution in [2.24, 2.45) is 5.92 Å². The number of aromatic amines is 1. The molecule has 0 saturated heterocycles. The molecule has 0 bridgehead atoms. The first-order valence-corrected chi connectivity index (χ1v) is 5.17. The Balaban J connectivity index is 2.47. The van der Waals surface area contributed by atoms with Gasteiger partial charge in [0.05, 0.1) is 5.56 Å². The van der Waals surface area contributed by atoms with Crippen LogP contribution in [0, 0.1) is 5.92 Å². The molecule has 0 aliphatic carbocycles. The molecule has 1 aliphatic heterocycles. The van der Waals surface area contributed by atoms with Gasteiger partial charge >= 0.3 is 0 Å². The maximum atomic E-state index is 11.9. The van der Waals surface area contributed by atoms with E-state index in [2.05, 4.69) is 17.3 Å². The van der Waals surface area contributed by atoms with Crippen LogP contribution in [0.25, 0.3) is 0 Å². The predicted molar refractivity (Wildman–Crippen MR) is 56.8 cm³/mol. The van der Waals surface area contributed by atoms with Crippen LogP contribution in [0.2, 0.25) is 0 Å². The third kappa shape index (κ3) is 1.35. The van der Waals surface area contributed by atoms with Crippen LogP contribution in [-0.4, -0.2) is 16.3 Å². The molecule has 2 rings (SSSR count). The average molecular weight is 195 g/mol. The normalized spacial score (nSPS) is 20.7. The van der Waals surface area contributed by atoms with Crippen molar-refractivity contribution in [3.63, 3.8) is 0 Å². The van der Waals surface area contributed by atoms with Crippen LogP contribution in [0.5, 0.6) is 0 Å². The molecule has 4 heteroatoms. The van der Waals surface area contributed by atoms with Crippen molar-refractivity contribution in [3.8, 4) is 0 Å². The van der Waals surface area contributed by atoms with Crippen molar-refractivity contribution in [1.29, 1.82) is 0 Å². The van der Waals surface area contributed by atoms with Crippen LogP contribution in [0.3, 0.4) is 0 Å². The van der Waals surface area contributed by atoms with E-state index in [-0.39, 0.29) is 11.6 Å². The van der Waals surface area contributed by atoms with E-state index >= 15 is 0 Å². The van der Waals surface area contributed by atoms with Crippen molar-refractivity contribution in [3.05, 3.63) is 15.9 Å². The number of nitrogens with zero attached hydrogens (tertiary/aromatic N) is 1. The lowest BCUT2D eigenvalue weighted by molar-refractivity contribution is 0.517. The first-order chi connectivity index (χ1) is 6.59. The number of H-pyrrole nitrogens is 1. The van der Waals surface area contributed by atoms with Crippen molar-refractivity contribution in [1.82, 2.24) is 9.78 Å². The summed E-state index contributed by atoms with van der Waals surface area (Å²) in [6.07, 6.45) is 0.886. The molecule has 1 aromatic rings. The van der Waals surface area contributed by atoms with E-state index in [1.807, 2.05) is 13.8 Å². The predicted octanol–water partition coefficient (Wildman–Crippen LogP) is 1.36. The third-order valence-electron chi connectivity index (χ3n) is 2.71. The van der Waals surface area contributed by atoms with Crippen LogP contribution in [0.15, 0.2) is 4.79 Å². The zero-order valence-electron chi connectivity index (χ0n) is 8.92. The van der Waals surface area contributed by atoms with Gasteiger partial charge in [0.15, 0.2) is 0 Å². The zero-order valence-corrected chi connectivity index (χ0v) is 8.92. The highest BCUT2D eigenvalue weighted by molar-refractivity contribution is 5.45. The molecule has 0 amide bonds. The molecule has 78 valence electrons. The van der Waals surface area contributed by atoms with Gasteiger partial charge in [0.25, 0.3) is 5.56 Å². The molecular formula is C10H17N3O. The average Bonchev–Trinajstić information content (AvgIpc) is 2.44. The van der Waals surface area contributed by atoms with Gasteiger partial charge in [-0.3, -0.25) is 9.89 Å². The van der Waals surface area contributed by atoms with E-state index in [1.54, 1.807) is 4.68 Å². The lowest BCUT2D eigenvalue weighted by Gasteiger charge is -2.18. The van der Waals surface area contributed by atoms with Gasteiger partial charge in [-0.25, -0.2) is 4.68 Å². The van der Waals surface area contributed by atoms with Gasteiger partial charge in [-0.05, 0) is 26.2 Å². The van der Waals surface area contributed by atoms with Gasteiger partial charge in [-0.1, -0.05) is 6.92 Å². The SMILES string of the molecule is CC1CNc2[nH]n(C(C)C)c(=O)c2C1. The Kier molecular flexibility index (Phi) is 2.13. The van der Waals surface area contributed by atoms with Gasteiger partial charge in [0, 0.05) is 12.6 Å². The summed E-state index contributed by atoms with van der Waals surface area (Å²) < 4.78 is 1.69.